The van der Waals surface area contributed by atoms with Crippen LogP contribution in [0.2, 0.25) is 0 Å². The zero-order valence-corrected chi connectivity index (χ0v) is 14.7. The molecule has 0 aliphatic rings. The molecule has 0 radical (unpaired) electrons. The van der Waals surface area contributed by atoms with Gasteiger partial charge in [0.1, 0.15) is 5.82 Å². The Kier molecular flexibility index (Phi) is 5.16. The molecular formula is C19H18F3N5. The van der Waals surface area contributed by atoms with Crippen LogP contribution >= 0.6 is 0 Å². The van der Waals surface area contributed by atoms with Crippen LogP contribution in [-0.2, 0) is 6.18 Å². The van der Waals surface area contributed by atoms with E-state index in [1.165, 1.54) is 12.3 Å². The van der Waals surface area contributed by atoms with Gasteiger partial charge in [-0.3, -0.25) is 0 Å². The van der Waals surface area contributed by atoms with Gasteiger partial charge < -0.3 is 15.5 Å². The molecule has 0 aliphatic heterocycles. The fraction of sp³-hybridized carbons (Fsp3) is 0.158. The lowest BCUT2D eigenvalue weighted by molar-refractivity contribution is -0.137. The van der Waals surface area contributed by atoms with Crippen molar-refractivity contribution in [2.75, 3.05) is 29.6 Å². The molecule has 0 fully saturated rings. The Morgan fingerprint density at radius 3 is 2.30 bits per heavy atom. The molecule has 0 saturated heterocycles. The average molecular weight is 373 g/mol. The van der Waals surface area contributed by atoms with Crippen LogP contribution in [0.5, 0.6) is 0 Å². The van der Waals surface area contributed by atoms with E-state index in [2.05, 4.69) is 20.6 Å². The van der Waals surface area contributed by atoms with Gasteiger partial charge in [-0.05, 0) is 48.5 Å². The average Bonchev–Trinajstić information content (AvgIpc) is 2.62. The Balaban J connectivity index is 1.74. The molecule has 0 atom stereocenters. The van der Waals surface area contributed by atoms with Crippen LogP contribution < -0.4 is 15.5 Å². The molecule has 2 aromatic carbocycles. The maximum Gasteiger partial charge on any atom is 0.416 e. The monoisotopic (exact) mass is 373 g/mol. The van der Waals surface area contributed by atoms with E-state index in [9.17, 15) is 13.2 Å². The van der Waals surface area contributed by atoms with Crippen molar-refractivity contribution in [1.29, 1.82) is 0 Å². The summed E-state index contributed by atoms with van der Waals surface area (Å²) in [6, 6.07) is 14.2. The maximum absolute atomic E-state index is 12.8. The van der Waals surface area contributed by atoms with Crippen LogP contribution in [0.4, 0.5) is 42.0 Å². The van der Waals surface area contributed by atoms with Gasteiger partial charge in [0.15, 0.2) is 0 Å². The molecule has 1 aromatic heterocycles. The van der Waals surface area contributed by atoms with Gasteiger partial charge in [0.25, 0.3) is 0 Å². The Morgan fingerprint density at radius 2 is 1.63 bits per heavy atom. The Hall–Kier alpha value is -3.29. The third-order valence-corrected chi connectivity index (χ3v) is 3.76. The number of nitrogens with one attached hydrogen (secondary N) is 2. The molecular weight excluding hydrogens is 355 g/mol. The lowest BCUT2D eigenvalue weighted by atomic mass is 10.2. The van der Waals surface area contributed by atoms with Crippen molar-refractivity contribution < 1.29 is 13.2 Å². The first-order valence-electron chi connectivity index (χ1n) is 8.13. The number of rotatable bonds is 5. The molecule has 0 amide bonds. The highest BCUT2D eigenvalue weighted by Gasteiger charge is 2.30. The standard InChI is InChI=1S/C19H18F3N5/c1-27(2)16-8-6-14(7-9-16)25-18-23-11-10-17(26-18)24-15-5-3-4-13(12-15)19(20,21)22/h3-12H,1-2H3,(H2,23,24,25,26). The number of aromatic nitrogens is 2. The zero-order chi connectivity index (χ0) is 19.4. The van der Waals surface area contributed by atoms with Gasteiger partial charge in [0.2, 0.25) is 5.95 Å². The smallest absolute Gasteiger partial charge is 0.378 e. The van der Waals surface area contributed by atoms with Crippen LogP contribution in [0, 0.1) is 0 Å². The second-order valence-corrected chi connectivity index (χ2v) is 6.04. The zero-order valence-electron chi connectivity index (χ0n) is 14.7. The molecule has 0 spiro atoms. The quantitative estimate of drug-likeness (QED) is 0.656. The normalized spacial score (nSPS) is 11.1. The Bertz CT molecular complexity index is 908. The highest BCUT2D eigenvalue weighted by molar-refractivity contribution is 5.62. The number of anilines is 5. The topological polar surface area (TPSA) is 53.1 Å². The molecule has 3 rings (SSSR count). The lowest BCUT2D eigenvalue weighted by Gasteiger charge is -2.13. The van der Waals surface area contributed by atoms with Gasteiger partial charge in [-0.15, -0.1) is 0 Å². The predicted molar refractivity (Wildman–Crippen MR) is 101 cm³/mol. The maximum atomic E-state index is 12.8. The number of alkyl halides is 3. The highest BCUT2D eigenvalue weighted by Crippen LogP contribution is 2.31. The number of nitrogens with zero attached hydrogens (tertiary/aromatic N) is 3. The molecule has 3 aromatic rings. The number of hydrogen-bond acceptors (Lipinski definition) is 5. The van der Waals surface area contributed by atoms with Gasteiger partial charge >= 0.3 is 6.18 Å². The number of hydrogen-bond donors (Lipinski definition) is 2. The van der Waals surface area contributed by atoms with E-state index in [1.54, 1.807) is 12.1 Å². The minimum Gasteiger partial charge on any atom is -0.378 e. The summed E-state index contributed by atoms with van der Waals surface area (Å²) in [6.07, 6.45) is -2.87. The van der Waals surface area contributed by atoms with Crippen molar-refractivity contribution in [3.05, 3.63) is 66.4 Å². The van der Waals surface area contributed by atoms with Crippen molar-refractivity contribution >= 4 is 28.8 Å². The van der Waals surface area contributed by atoms with Gasteiger partial charge in [-0.25, -0.2) is 4.98 Å². The van der Waals surface area contributed by atoms with Crippen molar-refractivity contribution in [1.82, 2.24) is 9.97 Å². The van der Waals surface area contributed by atoms with Gasteiger partial charge in [-0.1, -0.05) is 6.07 Å². The molecule has 0 aliphatic carbocycles. The summed E-state index contributed by atoms with van der Waals surface area (Å²) in [5.74, 6) is 0.723. The first kappa shape index (κ1) is 18.5. The summed E-state index contributed by atoms with van der Waals surface area (Å²) < 4.78 is 38.5. The van der Waals surface area contributed by atoms with Gasteiger partial charge in [0, 0.05) is 37.4 Å². The fourth-order valence-electron chi connectivity index (χ4n) is 2.38. The van der Waals surface area contributed by atoms with Crippen molar-refractivity contribution in [3.63, 3.8) is 0 Å². The van der Waals surface area contributed by atoms with Crippen LogP contribution in [0.1, 0.15) is 5.56 Å². The first-order valence-corrected chi connectivity index (χ1v) is 8.13. The molecule has 27 heavy (non-hydrogen) atoms. The van der Waals surface area contributed by atoms with E-state index in [0.717, 1.165) is 23.5 Å². The minimum atomic E-state index is -4.39. The molecule has 5 nitrogen and oxygen atoms in total. The van der Waals surface area contributed by atoms with Crippen LogP contribution in [0.3, 0.4) is 0 Å². The van der Waals surface area contributed by atoms with Crippen molar-refractivity contribution in [2.45, 2.75) is 6.18 Å². The Labute approximate surface area is 154 Å². The summed E-state index contributed by atoms with van der Waals surface area (Å²) >= 11 is 0. The molecule has 2 N–H and O–H groups in total. The SMILES string of the molecule is CN(C)c1ccc(Nc2nccc(Nc3cccc(C(F)(F)F)c3)n2)cc1. The van der Waals surface area contributed by atoms with Gasteiger partial charge in [0.05, 0.1) is 5.56 Å². The summed E-state index contributed by atoms with van der Waals surface area (Å²) in [6.45, 7) is 0. The lowest BCUT2D eigenvalue weighted by Crippen LogP contribution is -2.08. The Morgan fingerprint density at radius 1 is 0.889 bits per heavy atom. The molecule has 8 heteroatoms. The van der Waals surface area contributed by atoms with E-state index >= 15 is 0 Å². The minimum absolute atomic E-state index is 0.296. The summed E-state index contributed by atoms with van der Waals surface area (Å²) in [5, 5.41) is 5.94. The predicted octanol–water partition coefficient (Wildman–Crippen LogP) is 5.05. The van der Waals surface area contributed by atoms with Crippen molar-refractivity contribution in [3.8, 4) is 0 Å². The second kappa shape index (κ2) is 7.53. The fourth-order valence-corrected chi connectivity index (χ4v) is 2.38. The summed E-state index contributed by atoms with van der Waals surface area (Å²) in [4.78, 5) is 10.4. The highest BCUT2D eigenvalue weighted by atomic mass is 19.4. The number of benzene rings is 2. The summed E-state index contributed by atoms with van der Waals surface area (Å²) in [7, 11) is 3.91. The van der Waals surface area contributed by atoms with E-state index in [1.807, 2.05) is 43.3 Å². The molecule has 1 heterocycles. The second-order valence-electron chi connectivity index (χ2n) is 6.04. The number of halogens is 3. The van der Waals surface area contributed by atoms with Crippen molar-refractivity contribution in [2.24, 2.45) is 0 Å². The third-order valence-electron chi connectivity index (χ3n) is 3.76. The van der Waals surface area contributed by atoms with Crippen LogP contribution in [0.25, 0.3) is 0 Å². The molecule has 140 valence electrons. The molecule has 0 unspecified atom stereocenters. The summed E-state index contributed by atoms with van der Waals surface area (Å²) in [5.41, 5.74) is 1.43. The third kappa shape index (κ3) is 4.87. The largest absolute Gasteiger partial charge is 0.416 e. The first-order chi connectivity index (χ1) is 12.8. The van der Waals surface area contributed by atoms with Gasteiger partial charge in [-0.2, -0.15) is 18.2 Å². The van der Waals surface area contributed by atoms with E-state index in [-0.39, 0.29) is 0 Å². The van der Waals surface area contributed by atoms with Crippen LogP contribution in [-0.4, -0.2) is 24.1 Å². The molecule has 0 bridgehead atoms. The van der Waals surface area contributed by atoms with E-state index < -0.39 is 11.7 Å². The van der Waals surface area contributed by atoms with E-state index in [4.69, 9.17) is 0 Å². The van der Waals surface area contributed by atoms with Crippen LogP contribution in [0.15, 0.2) is 60.8 Å². The van der Waals surface area contributed by atoms with E-state index in [0.29, 0.717) is 17.5 Å². The molecule has 0 saturated carbocycles.